The molecular weight excluding hydrogens is 697 g/mol. The molecule has 0 fully saturated rings. The van der Waals surface area contributed by atoms with Crippen LogP contribution in [0.3, 0.4) is 0 Å². The Hall–Kier alpha value is -2.63. The van der Waals surface area contributed by atoms with Gasteiger partial charge in [0.15, 0.2) is 6.10 Å². The van der Waals surface area contributed by atoms with Crippen molar-refractivity contribution < 1.29 is 28.6 Å². The van der Waals surface area contributed by atoms with Gasteiger partial charge in [-0.3, -0.25) is 14.4 Å². The van der Waals surface area contributed by atoms with Crippen LogP contribution in [0.15, 0.2) is 48.6 Å². The van der Waals surface area contributed by atoms with Gasteiger partial charge in [-0.25, -0.2) is 0 Å². The molecule has 0 aromatic carbocycles. The van der Waals surface area contributed by atoms with E-state index in [4.69, 9.17) is 14.2 Å². The fourth-order valence-electron chi connectivity index (χ4n) is 6.53. The lowest BCUT2D eigenvalue weighted by Gasteiger charge is -2.18. The molecule has 0 aromatic rings. The predicted octanol–water partition coefficient (Wildman–Crippen LogP) is 15.1. The molecule has 6 nitrogen and oxygen atoms in total. The topological polar surface area (TPSA) is 78.9 Å². The quantitative estimate of drug-likeness (QED) is 0.0202. The summed E-state index contributed by atoms with van der Waals surface area (Å²) in [6.45, 7) is 6.44. The molecule has 1 unspecified atom stereocenters. The third-order valence-corrected chi connectivity index (χ3v) is 10.1. The van der Waals surface area contributed by atoms with Gasteiger partial charge in [-0.2, -0.15) is 0 Å². The van der Waals surface area contributed by atoms with Crippen molar-refractivity contribution >= 4 is 17.9 Å². The van der Waals surface area contributed by atoms with E-state index in [1.54, 1.807) is 0 Å². The standard InChI is InChI=1S/C50H88O6/c1-4-7-10-13-16-19-21-23-25-27-28-31-34-37-40-43-49(52)55-46-47(45-54-48(51)42-39-36-33-30-18-15-12-9-6-3)56-50(53)44-41-38-35-32-29-26-24-22-20-17-14-11-8-5-2/h9,12,16,18-19,21,23,30,47H,4-8,10-11,13-15,17,20,22,24-29,31-46H2,1-3H3/b12-9-,19-16-,23-21-,30-18-. The minimum Gasteiger partial charge on any atom is -0.462 e. The molecular formula is C50H88O6. The average Bonchev–Trinajstić information content (AvgIpc) is 3.19. The highest BCUT2D eigenvalue weighted by atomic mass is 16.6. The molecule has 0 heterocycles. The van der Waals surface area contributed by atoms with Crippen molar-refractivity contribution in [2.45, 2.75) is 239 Å². The Balaban J connectivity index is 4.37. The largest absolute Gasteiger partial charge is 0.462 e. The van der Waals surface area contributed by atoms with E-state index in [2.05, 4.69) is 69.4 Å². The van der Waals surface area contributed by atoms with Gasteiger partial charge in [0.25, 0.3) is 0 Å². The molecule has 0 saturated heterocycles. The molecule has 0 spiro atoms. The summed E-state index contributed by atoms with van der Waals surface area (Å²) in [4.78, 5) is 37.7. The number of carbonyl (C=O) groups is 3. The zero-order valence-corrected chi connectivity index (χ0v) is 36.9. The second kappa shape index (κ2) is 45.1. The van der Waals surface area contributed by atoms with E-state index in [-0.39, 0.29) is 31.1 Å². The molecule has 0 aliphatic carbocycles. The minimum absolute atomic E-state index is 0.0880. The van der Waals surface area contributed by atoms with Crippen molar-refractivity contribution in [1.82, 2.24) is 0 Å². The summed E-state index contributed by atoms with van der Waals surface area (Å²) in [5.74, 6) is -0.934. The van der Waals surface area contributed by atoms with Gasteiger partial charge < -0.3 is 14.2 Å². The molecule has 0 aromatic heterocycles. The zero-order valence-electron chi connectivity index (χ0n) is 36.9. The van der Waals surface area contributed by atoms with Crippen LogP contribution in [0.5, 0.6) is 0 Å². The number of hydrogen-bond donors (Lipinski definition) is 0. The second-order valence-corrected chi connectivity index (χ2v) is 15.7. The fourth-order valence-corrected chi connectivity index (χ4v) is 6.53. The third-order valence-electron chi connectivity index (χ3n) is 10.1. The second-order valence-electron chi connectivity index (χ2n) is 15.7. The van der Waals surface area contributed by atoms with Crippen LogP contribution in [0, 0.1) is 0 Å². The van der Waals surface area contributed by atoms with Gasteiger partial charge in [0.05, 0.1) is 0 Å². The monoisotopic (exact) mass is 785 g/mol. The lowest BCUT2D eigenvalue weighted by Crippen LogP contribution is -2.30. The summed E-state index contributed by atoms with van der Waals surface area (Å²) in [6.07, 6.45) is 52.4. The summed E-state index contributed by atoms with van der Waals surface area (Å²) in [5, 5.41) is 0. The number of esters is 3. The zero-order chi connectivity index (χ0) is 40.8. The molecule has 0 bridgehead atoms. The number of allylic oxidation sites excluding steroid dienone is 8. The highest BCUT2D eigenvalue weighted by Gasteiger charge is 2.19. The Morgan fingerprint density at radius 3 is 1.25 bits per heavy atom. The minimum atomic E-state index is -0.785. The van der Waals surface area contributed by atoms with Crippen LogP contribution in [0.25, 0.3) is 0 Å². The number of rotatable bonds is 42. The summed E-state index contributed by atoms with van der Waals surface area (Å²) in [7, 11) is 0. The summed E-state index contributed by atoms with van der Waals surface area (Å²) >= 11 is 0. The number of hydrogen-bond acceptors (Lipinski definition) is 6. The Morgan fingerprint density at radius 1 is 0.393 bits per heavy atom. The summed E-state index contributed by atoms with van der Waals surface area (Å²) < 4.78 is 16.7. The maximum Gasteiger partial charge on any atom is 0.306 e. The molecule has 0 radical (unpaired) electrons. The smallest absolute Gasteiger partial charge is 0.306 e. The normalized spacial score (nSPS) is 12.4. The molecule has 0 N–H and O–H groups in total. The summed E-state index contributed by atoms with van der Waals surface area (Å²) in [5.41, 5.74) is 0. The van der Waals surface area contributed by atoms with Crippen molar-refractivity contribution in [2.24, 2.45) is 0 Å². The highest BCUT2D eigenvalue weighted by molar-refractivity contribution is 5.71. The lowest BCUT2D eigenvalue weighted by molar-refractivity contribution is -0.167. The first-order chi connectivity index (χ1) is 27.5. The predicted molar refractivity (Wildman–Crippen MR) is 238 cm³/mol. The number of carbonyl (C=O) groups excluding carboxylic acids is 3. The molecule has 0 rings (SSSR count). The molecule has 6 heteroatoms. The van der Waals surface area contributed by atoms with Crippen LogP contribution in [0.2, 0.25) is 0 Å². The van der Waals surface area contributed by atoms with Gasteiger partial charge in [0.1, 0.15) is 13.2 Å². The van der Waals surface area contributed by atoms with Crippen LogP contribution in [0.1, 0.15) is 233 Å². The van der Waals surface area contributed by atoms with Crippen molar-refractivity contribution in [1.29, 1.82) is 0 Å². The van der Waals surface area contributed by atoms with Crippen LogP contribution in [-0.4, -0.2) is 37.2 Å². The van der Waals surface area contributed by atoms with Crippen molar-refractivity contribution in [3.05, 3.63) is 48.6 Å². The van der Waals surface area contributed by atoms with Gasteiger partial charge in [0.2, 0.25) is 0 Å². The van der Waals surface area contributed by atoms with Gasteiger partial charge >= 0.3 is 17.9 Å². The number of unbranched alkanes of at least 4 members (excludes halogenated alkanes) is 24. The van der Waals surface area contributed by atoms with E-state index in [9.17, 15) is 14.4 Å². The van der Waals surface area contributed by atoms with Crippen LogP contribution in [0.4, 0.5) is 0 Å². The Labute approximate surface area is 346 Å². The van der Waals surface area contributed by atoms with Gasteiger partial charge in [0, 0.05) is 19.3 Å². The van der Waals surface area contributed by atoms with Crippen molar-refractivity contribution in [3.63, 3.8) is 0 Å². The molecule has 0 aliphatic rings. The maximum atomic E-state index is 12.7. The Bertz CT molecular complexity index is 996. The SMILES string of the molecule is CC/C=C\C/C=C\CCCCC(=O)OCC(COC(=O)CCCCCCCC/C=C\C=C/CCCCC)OC(=O)CCCCCCCCCCCCCCCC. The molecule has 0 amide bonds. The van der Waals surface area contributed by atoms with Crippen LogP contribution < -0.4 is 0 Å². The fraction of sp³-hybridized carbons (Fsp3) is 0.780. The van der Waals surface area contributed by atoms with Crippen molar-refractivity contribution in [2.75, 3.05) is 13.2 Å². The van der Waals surface area contributed by atoms with E-state index in [0.717, 1.165) is 77.0 Å². The molecule has 56 heavy (non-hydrogen) atoms. The first-order valence-electron chi connectivity index (χ1n) is 23.7. The van der Waals surface area contributed by atoms with Gasteiger partial charge in [-0.1, -0.05) is 191 Å². The number of ether oxygens (including phenoxy) is 3. The van der Waals surface area contributed by atoms with Gasteiger partial charge in [-0.05, 0) is 70.6 Å². The van der Waals surface area contributed by atoms with Gasteiger partial charge in [-0.15, -0.1) is 0 Å². The first-order valence-corrected chi connectivity index (χ1v) is 23.7. The molecule has 324 valence electrons. The van der Waals surface area contributed by atoms with Crippen molar-refractivity contribution in [3.8, 4) is 0 Å². The highest BCUT2D eigenvalue weighted by Crippen LogP contribution is 2.15. The third kappa shape index (κ3) is 42.5. The Kier molecular flexibility index (Phi) is 43.0. The van der Waals surface area contributed by atoms with Crippen LogP contribution >= 0.6 is 0 Å². The maximum absolute atomic E-state index is 12.7. The molecule has 0 saturated carbocycles. The Morgan fingerprint density at radius 2 is 0.750 bits per heavy atom. The van der Waals surface area contributed by atoms with E-state index >= 15 is 0 Å². The summed E-state index contributed by atoms with van der Waals surface area (Å²) in [6, 6.07) is 0. The lowest BCUT2D eigenvalue weighted by atomic mass is 10.0. The average molecular weight is 785 g/mol. The molecule has 0 aliphatic heterocycles. The van der Waals surface area contributed by atoms with E-state index in [0.29, 0.717) is 19.3 Å². The van der Waals surface area contributed by atoms with E-state index < -0.39 is 6.10 Å². The first kappa shape index (κ1) is 53.4. The van der Waals surface area contributed by atoms with E-state index in [1.165, 1.54) is 116 Å². The van der Waals surface area contributed by atoms with E-state index in [1.807, 2.05) is 0 Å². The van der Waals surface area contributed by atoms with Crippen LogP contribution in [-0.2, 0) is 28.6 Å². The molecule has 1 atom stereocenters.